The van der Waals surface area contributed by atoms with Crippen molar-refractivity contribution in [3.8, 4) is 5.69 Å². The van der Waals surface area contributed by atoms with Gasteiger partial charge in [-0.25, -0.2) is 4.68 Å². The van der Waals surface area contributed by atoms with Crippen LogP contribution in [-0.2, 0) is 16.1 Å². The summed E-state index contributed by atoms with van der Waals surface area (Å²) < 4.78 is 1.74. The molecule has 4 rings (SSSR count). The van der Waals surface area contributed by atoms with Crippen molar-refractivity contribution in [3.63, 3.8) is 0 Å². The highest BCUT2D eigenvalue weighted by Crippen LogP contribution is 2.31. The monoisotopic (exact) mass is 437 g/mol. The third-order valence-corrected chi connectivity index (χ3v) is 5.48. The van der Waals surface area contributed by atoms with Crippen molar-refractivity contribution in [1.29, 1.82) is 0 Å². The van der Waals surface area contributed by atoms with Gasteiger partial charge in [0.2, 0.25) is 0 Å². The van der Waals surface area contributed by atoms with E-state index in [1.807, 2.05) is 42.6 Å². The molecule has 1 fully saturated rings. The number of amides is 2. The SMILES string of the molecule is O=C(NCc1cccc(-n2cccn2)c1)C(=O)Nc1cc(Cl)ccc1N1CCCCC1. The molecule has 7 nitrogen and oxygen atoms in total. The number of hydrogen-bond acceptors (Lipinski definition) is 4. The molecule has 1 aromatic heterocycles. The summed E-state index contributed by atoms with van der Waals surface area (Å²) in [6.45, 7) is 2.07. The topological polar surface area (TPSA) is 79.3 Å². The fraction of sp³-hybridized carbons (Fsp3) is 0.261. The maximum Gasteiger partial charge on any atom is 0.313 e. The third kappa shape index (κ3) is 5.24. The van der Waals surface area contributed by atoms with Gasteiger partial charge in [-0.1, -0.05) is 23.7 Å². The quantitative estimate of drug-likeness (QED) is 0.595. The van der Waals surface area contributed by atoms with Crippen LogP contribution < -0.4 is 15.5 Å². The molecule has 2 amide bonds. The number of halogens is 1. The summed E-state index contributed by atoms with van der Waals surface area (Å²) in [6, 6.07) is 14.8. The van der Waals surface area contributed by atoms with Crippen LogP contribution in [0, 0.1) is 0 Å². The van der Waals surface area contributed by atoms with Crippen LogP contribution >= 0.6 is 11.6 Å². The van der Waals surface area contributed by atoms with E-state index in [0.29, 0.717) is 10.7 Å². The van der Waals surface area contributed by atoms with Crippen molar-refractivity contribution in [2.24, 2.45) is 0 Å². The van der Waals surface area contributed by atoms with Crippen LogP contribution in [0.5, 0.6) is 0 Å². The van der Waals surface area contributed by atoms with Crippen molar-refractivity contribution in [3.05, 3.63) is 71.5 Å². The average Bonchev–Trinajstić information content (AvgIpc) is 3.33. The smallest absolute Gasteiger partial charge is 0.313 e. The van der Waals surface area contributed by atoms with Crippen molar-refractivity contribution in [1.82, 2.24) is 15.1 Å². The van der Waals surface area contributed by atoms with Crippen molar-refractivity contribution < 1.29 is 9.59 Å². The Hall–Kier alpha value is -3.32. The van der Waals surface area contributed by atoms with Gasteiger partial charge in [0, 0.05) is 37.1 Å². The second kappa shape index (κ2) is 9.66. The first-order valence-corrected chi connectivity index (χ1v) is 10.7. The molecule has 0 atom stereocenters. The Morgan fingerprint density at radius 1 is 1.00 bits per heavy atom. The van der Waals surface area contributed by atoms with Crippen LogP contribution in [0.4, 0.5) is 11.4 Å². The summed E-state index contributed by atoms with van der Waals surface area (Å²) in [5.41, 5.74) is 3.18. The first-order valence-electron chi connectivity index (χ1n) is 10.3. The van der Waals surface area contributed by atoms with E-state index in [9.17, 15) is 9.59 Å². The number of nitrogens with zero attached hydrogens (tertiary/aromatic N) is 3. The molecular formula is C23H24ClN5O2. The Morgan fingerprint density at radius 3 is 2.61 bits per heavy atom. The summed E-state index contributed by atoms with van der Waals surface area (Å²) in [5, 5.41) is 10.1. The molecule has 0 bridgehead atoms. The van der Waals surface area contributed by atoms with Crippen LogP contribution in [0.3, 0.4) is 0 Å². The predicted octanol–water partition coefficient (Wildman–Crippen LogP) is 3.77. The van der Waals surface area contributed by atoms with E-state index in [-0.39, 0.29) is 6.54 Å². The van der Waals surface area contributed by atoms with E-state index < -0.39 is 11.8 Å². The zero-order chi connectivity index (χ0) is 21.6. The Labute approximate surface area is 186 Å². The highest BCUT2D eigenvalue weighted by Gasteiger charge is 2.19. The minimum atomic E-state index is -0.719. The van der Waals surface area contributed by atoms with Gasteiger partial charge in [0.25, 0.3) is 0 Å². The zero-order valence-electron chi connectivity index (χ0n) is 17.1. The van der Waals surface area contributed by atoms with Crippen molar-refractivity contribution >= 4 is 34.8 Å². The highest BCUT2D eigenvalue weighted by molar-refractivity contribution is 6.40. The summed E-state index contributed by atoms with van der Waals surface area (Å²) in [6.07, 6.45) is 6.96. The molecule has 1 aliphatic heterocycles. The molecule has 0 aliphatic carbocycles. The van der Waals surface area contributed by atoms with E-state index in [1.54, 1.807) is 23.0 Å². The van der Waals surface area contributed by atoms with E-state index in [2.05, 4.69) is 20.6 Å². The molecule has 1 saturated heterocycles. The fourth-order valence-corrected chi connectivity index (χ4v) is 3.86. The molecule has 160 valence electrons. The number of aromatic nitrogens is 2. The highest BCUT2D eigenvalue weighted by atomic mass is 35.5. The number of piperidine rings is 1. The molecule has 0 saturated carbocycles. The van der Waals surface area contributed by atoms with E-state index in [4.69, 9.17) is 11.6 Å². The molecular weight excluding hydrogens is 414 g/mol. The number of rotatable bonds is 5. The lowest BCUT2D eigenvalue weighted by Crippen LogP contribution is -2.36. The van der Waals surface area contributed by atoms with Gasteiger partial charge in [0.15, 0.2) is 0 Å². The summed E-state index contributed by atoms with van der Waals surface area (Å²) >= 11 is 6.14. The number of benzene rings is 2. The van der Waals surface area contributed by atoms with E-state index >= 15 is 0 Å². The number of carbonyl (C=O) groups excluding carboxylic acids is 2. The van der Waals surface area contributed by atoms with Crippen LogP contribution in [-0.4, -0.2) is 34.7 Å². The van der Waals surface area contributed by atoms with Crippen molar-refractivity contribution in [2.45, 2.75) is 25.8 Å². The molecule has 2 aromatic carbocycles. The maximum absolute atomic E-state index is 12.5. The second-order valence-corrected chi connectivity index (χ2v) is 7.90. The first-order chi connectivity index (χ1) is 15.1. The van der Waals surface area contributed by atoms with Gasteiger partial charge >= 0.3 is 11.8 Å². The van der Waals surface area contributed by atoms with Gasteiger partial charge in [-0.2, -0.15) is 5.10 Å². The molecule has 31 heavy (non-hydrogen) atoms. The van der Waals surface area contributed by atoms with Gasteiger partial charge in [-0.15, -0.1) is 0 Å². The summed E-state index contributed by atoms with van der Waals surface area (Å²) in [4.78, 5) is 27.2. The zero-order valence-corrected chi connectivity index (χ0v) is 17.8. The van der Waals surface area contributed by atoms with E-state index in [1.165, 1.54) is 6.42 Å². The summed E-state index contributed by atoms with van der Waals surface area (Å²) in [5.74, 6) is -1.42. The minimum Gasteiger partial charge on any atom is -0.370 e. The standard InChI is InChI=1S/C23H24ClN5O2/c24-18-8-9-21(28-11-2-1-3-12-28)20(15-18)27-23(31)22(30)25-16-17-6-4-7-19(14-17)29-13-5-10-26-29/h4-10,13-15H,1-3,11-12,16H2,(H,25,30)(H,27,31). The average molecular weight is 438 g/mol. The molecule has 2 heterocycles. The van der Waals surface area contributed by atoms with Gasteiger partial charge in [0.1, 0.15) is 0 Å². The van der Waals surface area contributed by atoms with Gasteiger partial charge in [-0.05, 0) is 61.2 Å². The lowest BCUT2D eigenvalue weighted by molar-refractivity contribution is -0.136. The fourth-order valence-electron chi connectivity index (χ4n) is 3.69. The summed E-state index contributed by atoms with van der Waals surface area (Å²) in [7, 11) is 0. The Bertz CT molecular complexity index is 1060. The molecule has 0 unspecified atom stereocenters. The molecule has 0 spiro atoms. The predicted molar refractivity (Wildman–Crippen MR) is 122 cm³/mol. The largest absolute Gasteiger partial charge is 0.370 e. The first kappa shape index (κ1) is 20.9. The van der Waals surface area contributed by atoms with Gasteiger partial charge in [0.05, 0.1) is 17.1 Å². The van der Waals surface area contributed by atoms with Gasteiger partial charge in [-0.3, -0.25) is 9.59 Å². The second-order valence-electron chi connectivity index (χ2n) is 7.47. The van der Waals surface area contributed by atoms with Crippen LogP contribution in [0.1, 0.15) is 24.8 Å². The van der Waals surface area contributed by atoms with Gasteiger partial charge < -0.3 is 15.5 Å². The van der Waals surface area contributed by atoms with Crippen molar-refractivity contribution in [2.75, 3.05) is 23.3 Å². The number of carbonyl (C=O) groups is 2. The Balaban J connectivity index is 1.40. The molecule has 0 radical (unpaired) electrons. The maximum atomic E-state index is 12.5. The Morgan fingerprint density at radius 2 is 1.84 bits per heavy atom. The minimum absolute atomic E-state index is 0.232. The number of anilines is 2. The van der Waals surface area contributed by atoms with Crippen LogP contribution in [0.25, 0.3) is 5.69 Å². The third-order valence-electron chi connectivity index (χ3n) is 5.24. The van der Waals surface area contributed by atoms with Crippen LogP contribution in [0.15, 0.2) is 60.9 Å². The Kier molecular flexibility index (Phi) is 6.52. The lowest BCUT2D eigenvalue weighted by Gasteiger charge is -2.30. The number of nitrogens with one attached hydrogen (secondary N) is 2. The molecule has 8 heteroatoms. The molecule has 2 N–H and O–H groups in total. The normalized spacial score (nSPS) is 13.6. The van der Waals surface area contributed by atoms with E-state index in [0.717, 1.165) is 42.9 Å². The lowest BCUT2D eigenvalue weighted by atomic mass is 10.1. The number of hydrogen-bond donors (Lipinski definition) is 2. The van der Waals surface area contributed by atoms with Crippen LogP contribution in [0.2, 0.25) is 5.02 Å². The molecule has 1 aliphatic rings. The molecule has 3 aromatic rings.